The second kappa shape index (κ2) is 7.43. The minimum absolute atomic E-state index is 0.165. The number of nitrogens with two attached hydrogens (primary N) is 1. The van der Waals surface area contributed by atoms with Crippen molar-refractivity contribution >= 4 is 23.0 Å². The standard InChI is InChI=1S/C12H20N4O4S/c1-12(2,3)20-11(17)16(13)10-8-14-9(7-15-10)5-4-6-21(18)19/h7-8H,4-6,13H2,1-3H3,(H,18,19). The lowest BCUT2D eigenvalue weighted by atomic mass is 10.2. The van der Waals surface area contributed by atoms with Crippen LogP contribution in [-0.4, -0.2) is 36.2 Å². The van der Waals surface area contributed by atoms with Gasteiger partial charge in [0.25, 0.3) is 0 Å². The quantitative estimate of drug-likeness (QED) is 0.363. The Balaban J connectivity index is 2.60. The zero-order valence-corrected chi connectivity index (χ0v) is 13.1. The summed E-state index contributed by atoms with van der Waals surface area (Å²) in [5.41, 5.74) is 0.00366. The van der Waals surface area contributed by atoms with Gasteiger partial charge in [-0.05, 0) is 33.6 Å². The van der Waals surface area contributed by atoms with E-state index >= 15 is 0 Å². The van der Waals surface area contributed by atoms with Crippen LogP contribution in [0.5, 0.6) is 0 Å². The third kappa shape index (κ3) is 6.61. The number of aryl methyl sites for hydroxylation is 1. The molecule has 9 heteroatoms. The Morgan fingerprint density at radius 2 is 2.10 bits per heavy atom. The molecule has 8 nitrogen and oxygen atoms in total. The van der Waals surface area contributed by atoms with Crippen molar-refractivity contribution in [3.05, 3.63) is 18.1 Å². The van der Waals surface area contributed by atoms with Crippen molar-refractivity contribution in [1.29, 1.82) is 0 Å². The Bertz CT molecular complexity index is 501. The summed E-state index contributed by atoms with van der Waals surface area (Å²) in [5, 5.41) is 0.783. The van der Waals surface area contributed by atoms with Crippen LogP contribution in [-0.2, 0) is 22.2 Å². The Hall–Kier alpha value is -1.58. The SMILES string of the molecule is CC(C)(C)OC(=O)N(N)c1cnc(CCCS(=O)O)cn1. The van der Waals surface area contributed by atoms with Crippen LogP contribution in [0.15, 0.2) is 12.4 Å². The number of hydrazine groups is 1. The molecule has 0 aliphatic rings. The molecule has 21 heavy (non-hydrogen) atoms. The van der Waals surface area contributed by atoms with Gasteiger partial charge < -0.3 is 9.29 Å². The predicted molar refractivity (Wildman–Crippen MR) is 78.9 cm³/mol. The van der Waals surface area contributed by atoms with E-state index in [2.05, 4.69) is 9.97 Å². The Morgan fingerprint density at radius 1 is 1.43 bits per heavy atom. The van der Waals surface area contributed by atoms with Crippen molar-refractivity contribution in [2.24, 2.45) is 5.84 Å². The van der Waals surface area contributed by atoms with Crippen LogP contribution in [0.3, 0.4) is 0 Å². The summed E-state index contributed by atoms with van der Waals surface area (Å²) >= 11 is -1.80. The number of amides is 1. The third-order valence-electron chi connectivity index (χ3n) is 2.28. The first-order chi connectivity index (χ1) is 9.69. The van der Waals surface area contributed by atoms with Gasteiger partial charge in [0.05, 0.1) is 18.1 Å². The molecular formula is C12H20N4O4S. The lowest BCUT2D eigenvalue weighted by molar-refractivity contribution is 0.0578. The van der Waals surface area contributed by atoms with Gasteiger partial charge in [0, 0.05) is 5.75 Å². The first kappa shape index (κ1) is 17.5. The van der Waals surface area contributed by atoms with E-state index < -0.39 is 22.8 Å². The molecule has 1 amide bonds. The van der Waals surface area contributed by atoms with Crippen LogP contribution in [0.4, 0.5) is 10.6 Å². The Morgan fingerprint density at radius 3 is 2.57 bits per heavy atom. The van der Waals surface area contributed by atoms with Crippen LogP contribution >= 0.6 is 0 Å². The molecule has 1 unspecified atom stereocenters. The van der Waals surface area contributed by atoms with E-state index in [1.165, 1.54) is 12.4 Å². The highest BCUT2D eigenvalue weighted by atomic mass is 32.2. The van der Waals surface area contributed by atoms with Crippen molar-refractivity contribution in [2.75, 3.05) is 10.8 Å². The van der Waals surface area contributed by atoms with E-state index in [9.17, 15) is 9.00 Å². The van der Waals surface area contributed by atoms with Crippen molar-refractivity contribution in [3.63, 3.8) is 0 Å². The van der Waals surface area contributed by atoms with Gasteiger partial charge in [0.1, 0.15) is 5.60 Å². The van der Waals surface area contributed by atoms with Crippen LogP contribution in [0.1, 0.15) is 32.9 Å². The van der Waals surface area contributed by atoms with Crippen LogP contribution in [0.25, 0.3) is 0 Å². The molecule has 118 valence electrons. The molecule has 0 saturated heterocycles. The number of carbonyl (C=O) groups excluding carboxylic acids is 1. The molecule has 0 bridgehead atoms. The second-order valence-electron chi connectivity index (χ2n) is 5.35. The summed E-state index contributed by atoms with van der Waals surface area (Å²) in [6.45, 7) is 5.20. The maximum atomic E-state index is 11.7. The van der Waals surface area contributed by atoms with Crippen LogP contribution in [0, 0.1) is 0 Å². The number of ether oxygens (including phenoxy) is 1. The molecular weight excluding hydrogens is 296 g/mol. The summed E-state index contributed by atoms with van der Waals surface area (Å²) in [5.74, 6) is 5.97. The molecule has 0 fully saturated rings. The van der Waals surface area contributed by atoms with E-state index in [0.29, 0.717) is 18.5 Å². The highest BCUT2D eigenvalue weighted by Gasteiger charge is 2.22. The van der Waals surface area contributed by atoms with E-state index in [1.54, 1.807) is 20.8 Å². The van der Waals surface area contributed by atoms with Gasteiger partial charge >= 0.3 is 6.09 Å². The number of rotatable bonds is 5. The number of carbonyl (C=O) groups is 1. The molecule has 1 heterocycles. The van der Waals surface area contributed by atoms with Crippen molar-refractivity contribution in [3.8, 4) is 0 Å². The number of hydrogen-bond acceptors (Lipinski definition) is 6. The smallest absolute Gasteiger partial charge is 0.430 e. The molecule has 0 saturated carbocycles. The highest BCUT2D eigenvalue weighted by molar-refractivity contribution is 7.79. The predicted octanol–water partition coefficient (Wildman–Crippen LogP) is 1.25. The maximum Gasteiger partial charge on any atom is 0.430 e. The number of hydrogen-bond donors (Lipinski definition) is 2. The molecule has 0 aromatic carbocycles. The summed E-state index contributed by atoms with van der Waals surface area (Å²) in [4.78, 5) is 19.9. The zero-order chi connectivity index (χ0) is 16.0. The van der Waals surface area contributed by atoms with Gasteiger partial charge in [-0.2, -0.15) is 5.01 Å². The lowest BCUT2D eigenvalue weighted by Gasteiger charge is -2.23. The van der Waals surface area contributed by atoms with Gasteiger partial charge in [0.2, 0.25) is 0 Å². The molecule has 3 N–H and O–H groups in total. The first-order valence-corrected chi connectivity index (χ1v) is 7.63. The van der Waals surface area contributed by atoms with E-state index in [0.717, 1.165) is 5.01 Å². The monoisotopic (exact) mass is 316 g/mol. The molecule has 1 atom stereocenters. The minimum Gasteiger partial charge on any atom is -0.442 e. The summed E-state index contributed by atoms with van der Waals surface area (Å²) in [6, 6.07) is 0. The molecule has 1 aromatic heterocycles. The highest BCUT2D eigenvalue weighted by Crippen LogP contribution is 2.12. The third-order valence-corrected chi connectivity index (χ3v) is 2.92. The topological polar surface area (TPSA) is 119 Å². The van der Waals surface area contributed by atoms with Gasteiger partial charge in [-0.25, -0.2) is 19.8 Å². The normalized spacial score (nSPS) is 12.8. The van der Waals surface area contributed by atoms with Crippen molar-refractivity contribution in [1.82, 2.24) is 9.97 Å². The lowest BCUT2D eigenvalue weighted by Crippen LogP contribution is -2.42. The van der Waals surface area contributed by atoms with Crippen LogP contribution in [0.2, 0.25) is 0 Å². The van der Waals surface area contributed by atoms with Gasteiger partial charge in [-0.15, -0.1) is 0 Å². The van der Waals surface area contributed by atoms with Crippen molar-refractivity contribution in [2.45, 2.75) is 39.2 Å². The number of anilines is 1. The van der Waals surface area contributed by atoms with Gasteiger partial charge in [-0.3, -0.25) is 4.98 Å². The first-order valence-electron chi connectivity index (χ1n) is 6.35. The fraction of sp³-hybridized carbons (Fsp3) is 0.583. The van der Waals surface area contributed by atoms with Gasteiger partial charge in [-0.1, -0.05) is 0 Å². The summed E-state index contributed by atoms with van der Waals surface area (Å²) in [7, 11) is 0. The molecule has 0 aliphatic carbocycles. The number of nitrogens with zero attached hydrogens (tertiary/aromatic N) is 3. The van der Waals surface area contributed by atoms with Crippen molar-refractivity contribution < 1.29 is 18.3 Å². The minimum atomic E-state index is -1.80. The van der Waals surface area contributed by atoms with Crippen LogP contribution < -0.4 is 10.9 Å². The summed E-state index contributed by atoms with van der Waals surface area (Å²) < 4.78 is 24.3. The average Bonchev–Trinajstić information content (AvgIpc) is 2.36. The van der Waals surface area contributed by atoms with E-state index in [1.807, 2.05) is 0 Å². The average molecular weight is 316 g/mol. The zero-order valence-electron chi connectivity index (χ0n) is 12.3. The largest absolute Gasteiger partial charge is 0.442 e. The fourth-order valence-corrected chi connectivity index (χ4v) is 1.77. The van der Waals surface area contributed by atoms with E-state index in [4.69, 9.17) is 15.1 Å². The van der Waals surface area contributed by atoms with Gasteiger partial charge in [0.15, 0.2) is 16.9 Å². The summed E-state index contributed by atoms with van der Waals surface area (Å²) in [6.07, 6.45) is 3.15. The Kier molecular flexibility index (Phi) is 6.19. The molecule has 0 radical (unpaired) electrons. The molecule has 1 aromatic rings. The fourth-order valence-electron chi connectivity index (χ4n) is 1.38. The Labute approximate surface area is 126 Å². The second-order valence-corrected chi connectivity index (χ2v) is 6.40. The molecule has 0 spiro atoms. The van der Waals surface area contributed by atoms with E-state index in [-0.39, 0.29) is 11.6 Å². The maximum absolute atomic E-state index is 11.7. The molecule has 0 aliphatic heterocycles. The number of aromatic nitrogens is 2. The molecule has 1 rings (SSSR count).